The number of halogens is 5. The smallest absolute Gasteiger partial charge is 0.276 e. The second kappa shape index (κ2) is 7.68. The number of hydrogen-bond donors (Lipinski definition) is 1. The fourth-order valence-electron chi connectivity index (χ4n) is 1.83. The van der Waals surface area contributed by atoms with Gasteiger partial charge in [0.05, 0.1) is 23.3 Å². The predicted molar refractivity (Wildman–Crippen MR) is 81.8 cm³/mol. The van der Waals surface area contributed by atoms with Gasteiger partial charge in [-0.05, 0) is 31.2 Å². The van der Waals surface area contributed by atoms with Crippen LogP contribution in [-0.4, -0.2) is 21.2 Å². The van der Waals surface area contributed by atoms with Crippen molar-refractivity contribution in [2.24, 2.45) is 5.10 Å². The van der Waals surface area contributed by atoms with Gasteiger partial charge in [-0.3, -0.25) is 0 Å². The summed E-state index contributed by atoms with van der Waals surface area (Å²) in [6.07, 6.45) is 0.183. The Morgan fingerprint density at radius 1 is 0.962 bits per heavy atom. The first-order valence-corrected chi connectivity index (χ1v) is 8.46. The molecule has 0 amide bonds. The average Bonchev–Trinajstić information content (AvgIpc) is 2.62. The van der Waals surface area contributed by atoms with Gasteiger partial charge in [-0.25, -0.2) is 26.8 Å². The summed E-state index contributed by atoms with van der Waals surface area (Å²) >= 11 is 0. The van der Waals surface area contributed by atoms with E-state index in [9.17, 15) is 30.4 Å². The van der Waals surface area contributed by atoms with Crippen LogP contribution in [0.15, 0.2) is 34.3 Å². The predicted octanol–water partition coefficient (Wildman–Crippen LogP) is 3.09. The third-order valence-corrected chi connectivity index (χ3v) is 4.29. The van der Waals surface area contributed by atoms with Crippen LogP contribution in [0.1, 0.15) is 12.5 Å². The van der Waals surface area contributed by atoms with E-state index in [1.165, 1.54) is 24.3 Å². The van der Waals surface area contributed by atoms with Gasteiger partial charge < -0.3 is 4.74 Å². The molecule has 0 atom stereocenters. The highest BCUT2D eigenvalue weighted by Gasteiger charge is 2.24. The second-order valence-corrected chi connectivity index (χ2v) is 6.40. The van der Waals surface area contributed by atoms with Crippen LogP contribution in [0.3, 0.4) is 0 Å². The zero-order valence-electron chi connectivity index (χ0n) is 13.1. The van der Waals surface area contributed by atoms with E-state index in [1.54, 1.807) is 11.8 Å². The van der Waals surface area contributed by atoms with E-state index in [4.69, 9.17) is 4.74 Å². The molecule has 0 saturated heterocycles. The summed E-state index contributed by atoms with van der Waals surface area (Å²) in [5.74, 6) is -10.5. The fourth-order valence-corrected chi connectivity index (χ4v) is 2.62. The summed E-state index contributed by atoms with van der Waals surface area (Å²) < 4.78 is 95.1. The molecule has 0 aliphatic heterocycles. The SMILES string of the molecule is CCOc1ccc(S(=O)(=O)N/N=C/c2c(F)c(F)c(F)c(F)c2F)cc1. The Labute approximate surface area is 145 Å². The molecular weight excluding hydrogens is 383 g/mol. The molecule has 0 heterocycles. The molecule has 0 spiro atoms. The van der Waals surface area contributed by atoms with Gasteiger partial charge in [0.25, 0.3) is 10.0 Å². The summed E-state index contributed by atoms with van der Waals surface area (Å²) in [5, 5.41) is 3.05. The molecule has 0 aromatic heterocycles. The van der Waals surface area contributed by atoms with Crippen molar-refractivity contribution >= 4 is 16.2 Å². The number of hydrogen-bond acceptors (Lipinski definition) is 4. The Kier molecular flexibility index (Phi) is 5.80. The minimum absolute atomic E-state index is 0.183. The molecule has 1 N–H and O–H groups in total. The third-order valence-electron chi connectivity index (χ3n) is 3.06. The van der Waals surface area contributed by atoms with Crippen molar-refractivity contribution in [1.29, 1.82) is 0 Å². The fraction of sp³-hybridized carbons (Fsp3) is 0.133. The first-order valence-electron chi connectivity index (χ1n) is 6.98. The molecule has 0 unspecified atom stereocenters. The molecule has 140 valence electrons. The average molecular weight is 394 g/mol. The first kappa shape index (κ1) is 19.6. The molecule has 5 nitrogen and oxygen atoms in total. The molecule has 2 aromatic rings. The molecule has 0 aliphatic carbocycles. The molecule has 0 radical (unpaired) electrons. The monoisotopic (exact) mass is 394 g/mol. The van der Waals surface area contributed by atoms with Crippen LogP contribution in [0.2, 0.25) is 0 Å². The minimum Gasteiger partial charge on any atom is -0.494 e. The van der Waals surface area contributed by atoms with E-state index in [0.717, 1.165) is 0 Å². The molecule has 11 heteroatoms. The van der Waals surface area contributed by atoms with E-state index in [1.807, 2.05) is 0 Å². The van der Waals surface area contributed by atoms with E-state index in [-0.39, 0.29) is 11.1 Å². The molecule has 0 saturated carbocycles. The zero-order valence-corrected chi connectivity index (χ0v) is 13.9. The molecule has 2 rings (SSSR count). The van der Waals surface area contributed by atoms with Crippen LogP contribution in [0.25, 0.3) is 0 Å². The Bertz CT molecular complexity index is 918. The van der Waals surface area contributed by atoms with E-state index in [0.29, 0.717) is 12.4 Å². The van der Waals surface area contributed by atoms with Gasteiger partial charge in [0.15, 0.2) is 23.3 Å². The van der Waals surface area contributed by atoms with Crippen molar-refractivity contribution in [2.45, 2.75) is 11.8 Å². The number of nitrogens with one attached hydrogen (secondary N) is 1. The molecule has 0 aliphatic rings. The molecule has 0 fully saturated rings. The molecule has 26 heavy (non-hydrogen) atoms. The lowest BCUT2D eigenvalue weighted by atomic mass is 10.2. The summed E-state index contributed by atoms with van der Waals surface area (Å²) in [5.41, 5.74) is -1.38. The number of nitrogens with zero attached hydrogens (tertiary/aromatic N) is 1. The van der Waals surface area contributed by atoms with Crippen LogP contribution in [0.4, 0.5) is 22.0 Å². The van der Waals surface area contributed by atoms with Gasteiger partial charge in [-0.2, -0.15) is 13.5 Å². The highest BCUT2D eigenvalue weighted by Crippen LogP contribution is 2.21. The second-order valence-electron chi connectivity index (χ2n) is 4.74. The number of sulfonamides is 1. The lowest BCUT2D eigenvalue weighted by Gasteiger charge is -2.06. The van der Waals surface area contributed by atoms with E-state index < -0.39 is 44.7 Å². The Hall–Kier alpha value is -2.69. The van der Waals surface area contributed by atoms with E-state index >= 15 is 0 Å². The maximum atomic E-state index is 13.5. The van der Waals surface area contributed by atoms with Crippen LogP contribution >= 0.6 is 0 Å². The van der Waals surface area contributed by atoms with Gasteiger partial charge in [0.2, 0.25) is 5.82 Å². The van der Waals surface area contributed by atoms with Crippen LogP contribution in [0, 0.1) is 29.1 Å². The minimum atomic E-state index is -4.23. The van der Waals surface area contributed by atoms with Crippen LogP contribution < -0.4 is 9.57 Å². The van der Waals surface area contributed by atoms with Gasteiger partial charge in [0, 0.05) is 0 Å². The molecular formula is C15H11F5N2O3S. The quantitative estimate of drug-likeness (QED) is 0.269. The summed E-state index contributed by atoms with van der Waals surface area (Å²) in [6, 6.07) is 5.10. The maximum Gasteiger partial charge on any atom is 0.276 e. The van der Waals surface area contributed by atoms with Crippen LogP contribution in [-0.2, 0) is 10.0 Å². The summed E-state index contributed by atoms with van der Waals surface area (Å²) in [6.45, 7) is 2.11. The number of benzene rings is 2. The molecule has 0 bridgehead atoms. The summed E-state index contributed by atoms with van der Waals surface area (Å²) in [7, 11) is -4.23. The maximum absolute atomic E-state index is 13.5. The largest absolute Gasteiger partial charge is 0.494 e. The van der Waals surface area contributed by atoms with Crippen molar-refractivity contribution in [3.8, 4) is 5.75 Å². The number of ether oxygens (including phenoxy) is 1. The van der Waals surface area contributed by atoms with Gasteiger partial charge in [-0.1, -0.05) is 0 Å². The van der Waals surface area contributed by atoms with Crippen LogP contribution in [0.5, 0.6) is 5.75 Å². The van der Waals surface area contributed by atoms with E-state index in [2.05, 4.69) is 5.10 Å². The standard InChI is InChI=1S/C15H11F5N2O3S/c1-2-25-8-3-5-9(6-4-8)26(23,24)22-21-7-10-11(16)13(18)15(20)14(19)12(10)17/h3-7,22H,2H2,1H3/b21-7+. The van der Waals surface area contributed by atoms with Gasteiger partial charge in [-0.15, -0.1) is 0 Å². The van der Waals surface area contributed by atoms with Crippen molar-refractivity contribution in [3.63, 3.8) is 0 Å². The van der Waals surface area contributed by atoms with Crippen molar-refractivity contribution in [1.82, 2.24) is 4.83 Å². The molecule has 2 aromatic carbocycles. The lowest BCUT2D eigenvalue weighted by Crippen LogP contribution is -2.19. The Balaban J connectivity index is 2.25. The van der Waals surface area contributed by atoms with Gasteiger partial charge >= 0.3 is 0 Å². The normalized spacial score (nSPS) is 11.8. The number of hydrazone groups is 1. The van der Waals surface area contributed by atoms with Crippen molar-refractivity contribution in [3.05, 3.63) is 58.9 Å². The lowest BCUT2D eigenvalue weighted by molar-refractivity contribution is 0.340. The topological polar surface area (TPSA) is 67.8 Å². The zero-order chi connectivity index (χ0) is 19.5. The van der Waals surface area contributed by atoms with Crippen molar-refractivity contribution < 1.29 is 35.1 Å². The van der Waals surface area contributed by atoms with Crippen molar-refractivity contribution in [2.75, 3.05) is 6.61 Å². The highest BCUT2D eigenvalue weighted by molar-refractivity contribution is 7.89. The Morgan fingerprint density at radius 3 is 1.96 bits per heavy atom. The highest BCUT2D eigenvalue weighted by atomic mass is 32.2. The Morgan fingerprint density at radius 2 is 1.46 bits per heavy atom. The van der Waals surface area contributed by atoms with Gasteiger partial charge in [0.1, 0.15) is 5.75 Å². The summed E-state index contributed by atoms with van der Waals surface area (Å²) in [4.78, 5) is 1.36. The number of rotatable bonds is 6. The first-order chi connectivity index (χ1) is 12.2. The third kappa shape index (κ3) is 3.93.